The Labute approximate surface area is 227 Å². The number of hydrogen-bond donors (Lipinski definition) is 6. The molecule has 3 aliphatic rings. The zero-order valence-corrected chi connectivity index (χ0v) is 22.3. The molecule has 1 amide bonds. The highest BCUT2D eigenvalue weighted by atomic mass is 32.2. The van der Waals surface area contributed by atoms with Crippen molar-refractivity contribution in [3.05, 3.63) is 57.9 Å². The average molecular weight is 575 g/mol. The number of amides is 1. The molecule has 0 aliphatic heterocycles. The van der Waals surface area contributed by atoms with Crippen molar-refractivity contribution in [1.29, 1.82) is 0 Å². The van der Waals surface area contributed by atoms with Crippen LogP contribution in [-0.4, -0.2) is 82.1 Å². The number of benzene rings is 1. The van der Waals surface area contributed by atoms with Gasteiger partial charge in [-0.05, 0) is 51.4 Å². The minimum Gasteiger partial charge on any atom is -0.510 e. The van der Waals surface area contributed by atoms with Gasteiger partial charge in [-0.2, -0.15) is 0 Å². The van der Waals surface area contributed by atoms with Crippen molar-refractivity contribution in [2.45, 2.75) is 36.3 Å². The van der Waals surface area contributed by atoms with E-state index in [1.165, 1.54) is 38.1 Å². The molecule has 0 unspecified atom stereocenters. The second kappa shape index (κ2) is 8.90. The van der Waals surface area contributed by atoms with Gasteiger partial charge in [-0.3, -0.25) is 24.0 Å². The number of Topliss-reactive ketones (excluding diaryl/α,β-unsaturated/α-hetero) is 2. The van der Waals surface area contributed by atoms with Gasteiger partial charge in [0.25, 0.3) is 15.9 Å². The minimum atomic E-state index is -4.27. The van der Waals surface area contributed by atoms with E-state index in [1.54, 1.807) is 0 Å². The third-order valence-electron chi connectivity index (χ3n) is 7.83. The Hall–Kier alpha value is -4.21. The number of carbonyl (C=O) groups is 3. The van der Waals surface area contributed by atoms with Gasteiger partial charge in [0.15, 0.2) is 17.1 Å². The van der Waals surface area contributed by atoms with Crippen molar-refractivity contribution in [2.75, 3.05) is 18.8 Å². The summed E-state index contributed by atoms with van der Waals surface area (Å²) in [7, 11) is -1.20. The van der Waals surface area contributed by atoms with Crippen LogP contribution in [0.5, 0.6) is 5.75 Å². The molecule has 0 saturated carbocycles. The molecule has 0 saturated heterocycles. The summed E-state index contributed by atoms with van der Waals surface area (Å²) in [5.74, 6) is -7.91. The average Bonchev–Trinajstić information content (AvgIpc) is 3.29. The highest BCUT2D eigenvalue weighted by Crippen LogP contribution is 2.52. The molecule has 212 valence electrons. The van der Waals surface area contributed by atoms with Crippen LogP contribution in [0.3, 0.4) is 0 Å². The number of allylic oxidation sites excluding steroid dienone is 1. The standard InChI is InChI=1S/C25H26N4O10S/c1-9-14(8-39-27-9)40(37,38)28-13-5-4-10-6-11-7-12-18(29(2)3)21(32)17(24(26)35)23(34)25(12,36)22(33)16(11)20(31)15(10)19(13)30/h4-5,8,11-12,18,28,30,32-33,36H,6-7H2,1-3H3,(H2,26,35)/t11-,12-,18-,25-/m0/s1. The van der Waals surface area contributed by atoms with E-state index in [4.69, 9.17) is 5.73 Å². The first-order valence-electron chi connectivity index (χ1n) is 12.1. The molecule has 4 atom stereocenters. The lowest BCUT2D eigenvalue weighted by Crippen LogP contribution is -2.63. The zero-order valence-electron chi connectivity index (χ0n) is 21.5. The van der Waals surface area contributed by atoms with Gasteiger partial charge >= 0.3 is 0 Å². The maximum Gasteiger partial charge on any atom is 0.267 e. The van der Waals surface area contributed by atoms with Crippen molar-refractivity contribution < 1.29 is 47.8 Å². The van der Waals surface area contributed by atoms with Crippen LogP contribution in [0.15, 0.2) is 50.5 Å². The fourth-order valence-electron chi connectivity index (χ4n) is 6.05. The van der Waals surface area contributed by atoms with Crippen LogP contribution in [0.2, 0.25) is 0 Å². The number of primary amides is 1. The lowest BCUT2D eigenvalue weighted by Gasteiger charge is -2.50. The number of aliphatic hydroxyl groups is 3. The van der Waals surface area contributed by atoms with Gasteiger partial charge in [-0.25, -0.2) is 8.42 Å². The van der Waals surface area contributed by atoms with Crippen LogP contribution in [-0.2, 0) is 26.0 Å². The quantitative estimate of drug-likeness (QED) is 0.208. The van der Waals surface area contributed by atoms with E-state index >= 15 is 0 Å². The predicted molar refractivity (Wildman–Crippen MR) is 136 cm³/mol. The van der Waals surface area contributed by atoms with E-state index in [0.717, 1.165) is 6.26 Å². The number of phenolic OH excluding ortho intramolecular Hbond substituents is 1. The number of carbonyl (C=O) groups excluding carboxylic acids is 3. The van der Waals surface area contributed by atoms with Crippen molar-refractivity contribution in [3.8, 4) is 5.75 Å². The SMILES string of the molecule is Cc1nocc1S(=O)(=O)Nc1ccc2c(c1O)C(=O)C1=C(O)[C@]3(O)C(=O)C(C(N)=O)=C(O)[C@@H](N(C)C)[C@@H]3C[C@@H]1C2. The molecule has 5 rings (SSSR count). The number of aromatic nitrogens is 1. The number of rotatable bonds is 5. The molecule has 3 aliphatic carbocycles. The largest absolute Gasteiger partial charge is 0.510 e. The number of nitrogens with one attached hydrogen (secondary N) is 1. The van der Waals surface area contributed by atoms with Crippen LogP contribution in [0.1, 0.15) is 28.0 Å². The van der Waals surface area contributed by atoms with Gasteiger partial charge in [0.05, 0.1) is 17.3 Å². The topological polar surface area (TPSA) is 234 Å². The maximum atomic E-state index is 13.7. The minimum absolute atomic E-state index is 0.0618. The van der Waals surface area contributed by atoms with Crippen molar-refractivity contribution in [3.63, 3.8) is 0 Å². The van der Waals surface area contributed by atoms with Crippen molar-refractivity contribution in [1.82, 2.24) is 10.1 Å². The number of aromatic hydroxyl groups is 1. The van der Waals surface area contributed by atoms with Crippen LogP contribution in [0.4, 0.5) is 5.69 Å². The molecule has 40 heavy (non-hydrogen) atoms. The first-order valence-corrected chi connectivity index (χ1v) is 13.5. The van der Waals surface area contributed by atoms with E-state index < -0.39 is 73.8 Å². The summed E-state index contributed by atoms with van der Waals surface area (Å²) in [5, 5.41) is 48.2. The summed E-state index contributed by atoms with van der Waals surface area (Å²) in [5.41, 5.74) is 1.01. The smallest absolute Gasteiger partial charge is 0.267 e. The Kier molecular flexibility index (Phi) is 6.09. The van der Waals surface area contributed by atoms with E-state index in [1.807, 2.05) is 0 Å². The number of aryl methyl sites for hydroxylation is 1. The number of fused-ring (bicyclic) bond motifs is 3. The monoisotopic (exact) mass is 574 g/mol. The molecule has 0 bridgehead atoms. The van der Waals surface area contributed by atoms with Gasteiger partial charge in [-0.15, -0.1) is 0 Å². The molecular formula is C25H26N4O10S. The molecule has 14 nitrogen and oxygen atoms in total. The highest BCUT2D eigenvalue weighted by Gasteiger charge is 2.63. The maximum absolute atomic E-state index is 13.7. The Morgan fingerprint density at radius 3 is 2.48 bits per heavy atom. The zero-order chi connectivity index (χ0) is 29.5. The normalized spacial score (nSPS) is 26.5. The first-order chi connectivity index (χ1) is 18.6. The summed E-state index contributed by atoms with van der Waals surface area (Å²) in [6.07, 6.45) is 0.910. The van der Waals surface area contributed by atoms with Gasteiger partial charge in [-0.1, -0.05) is 11.2 Å². The lowest BCUT2D eigenvalue weighted by molar-refractivity contribution is -0.148. The van der Waals surface area contributed by atoms with Gasteiger partial charge < -0.3 is 30.7 Å². The number of anilines is 1. The first kappa shape index (κ1) is 27.4. The van der Waals surface area contributed by atoms with E-state index in [0.29, 0.717) is 5.56 Å². The second-order valence-electron chi connectivity index (χ2n) is 10.3. The Morgan fingerprint density at radius 1 is 1.23 bits per heavy atom. The highest BCUT2D eigenvalue weighted by molar-refractivity contribution is 7.92. The molecule has 0 spiro atoms. The second-order valence-corrected chi connectivity index (χ2v) is 12.0. The fraction of sp³-hybridized carbons (Fsp3) is 0.360. The Morgan fingerprint density at radius 2 is 1.90 bits per heavy atom. The summed E-state index contributed by atoms with van der Waals surface area (Å²) in [6.45, 7) is 1.40. The molecular weight excluding hydrogens is 548 g/mol. The molecule has 1 aromatic heterocycles. The van der Waals surface area contributed by atoms with Crippen LogP contribution in [0, 0.1) is 18.8 Å². The molecule has 2 aromatic rings. The summed E-state index contributed by atoms with van der Waals surface area (Å²) < 4.78 is 32.5. The number of likely N-dealkylation sites (N-methyl/N-ethyl adjacent to an activating group) is 1. The van der Waals surface area contributed by atoms with Crippen LogP contribution >= 0.6 is 0 Å². The molecule has 0 radical (unpaired) electrons. The Bertz CT molecular complexity index is 1670. The molecule has 1 aromatic carbocycles. The number of sulfonamides is 1. The summed E-state index contributed by atoms with van der Waals surface area (Å²) >= 11 is 0. The van der Waals surface area contributed by atoms with E-state index in [9.17, 15) is 43.2 Å². The number of ketones is 2. The number of nitrogens with zero attached hydrogens (tertiary/aromatic N) is 2. The summed E-state index contributed by atoms with van der Waals surface area (Å²) in [4.78, 5) is 40.3. The van der Waals surface area contributed by atoms with Crippen molar-refractivity contribution >= 4 is 33.2 Å². The molecule has 7 N–H and O–H groups in total. The number of phenols is 1. The van der Waals surface area contributed by atoms with Gasteiger partial charge in [0.1, 0.15) is 33.9 Å². The van der Waals surface area contributed by atoms with Gasteiger partial charge in [0, 0.05) is 11.5 Å². The predicted octanol–water partition coefficient (Wildman–Crippen LogP) is 0.218. The van der Waals surface area contributed by atoms with E-state index in [2.05, 4.69) is 14.4 Å². The number of aliphatic hydroxyl groups excluding tert-OH is 2. The third kappa shape index (κ3) is 3.65. The molecule has 1 heterocycles. The van der Waals surface area contributed by atoms with Crippen LogP contribution < -0.4 is 10.5 Å². The molecule has 0 fully saturated rings. The summed E-state index contributed by atoms with van der Waals surface area (Å²) in [6, 6.07) is 1.62. The van der Waals surface area contributed by atoms with Crippen LogP contribution in [0.25, 0.3) is 0 Å². The third-order valence-corrected chi connectivity index (χ3v) is 9.29. The fourth-order valence-corrected chi connectivity index (χ4v) is 7.21. The van der Waals surface area contributed by atoms with Gasteiger partial charge in [0.2, 0.25) is 5.78 Å². The number of hydrogen-bond acceptors (Lipinski definition) is 12. The lowest BCUT2D eigenvalue weighted by atomic mass is 9.58. The van der Waals surface area contributed by atoms with E-state index in [-0.39, 0.29) is 40.3 Å². The number of nitrogens with two attached hydrogens (primary N) is 1. The molecule has 15 heteroatoms. The Balaban J connectivity index is 1.63. The van der Waals surface area contributed by atoms with Crippen molar-refractivity contribution in [2.24, 2.45) is 17.6 Å².